The number of hydrogen-bond acceptors (Lipinski definition) is 7. The molecular formula is C32H30FN7O2S. The van der Waals surface area contributed by atoms with Crippen LogP contribution in [0, 0.1) is 5.82 Å². The molecule has 218 valence electrons. The van der Waals surface area contributed by atoms with Crippen molar-refractivity contribution in [3.8, 4) is 33.8 Å². The summed E-state index contributed by atoms with van der Waals surface area (Å²) in [5.74, 6) is -0.477. The normalized spacial score (nSPS) is 14.3. The summed E-state index contributed by atoms with van der Waals surface area (Å²) in [6.45, 7) is 3.13. The maximum Gasteiger partial charge on any atom is 0.147 e. The first-order valence-corrected chi connectivity index (χ1v) is 16.3. The molecule has 0 unspecified atom stereocenters. The van der Waals surface area contributed by atoms with Crippen LogP contribution in [0.5, 0.6) is 0 Å². The molecule has 1 aliphatic heterocycles. The number of nitrogens with zero attached hydrogens (tertiary/aromatic N) is 5. The van der Waals surface area contributed by atoms with Crippen LogP contribution in [0.3, 0.4) is 0 Å². The highest BCUT2D eigenvalue weighted by Gasteiger charge is 2.17. The van der Waals surface area contributed by atoms with E-state index in [2.05, 4.69) is 36.1 Å². The van der Waals surface area contributed by atoms with E-state index in [4.69, 9.17) is 4.98 Å². The van der Waals surface area contributed by atoms with E-state index in [-0.39, 0.29) is 12.2 Å². The zero-order chi connectivity index (χ0) is 29.6. The van der Waals surface area contributed by atoms with Crippen LogP contribution in [0.2, 0.25) is 0 Å². The number of benzene rings is 1. The van der Waals surface area contributed by atoms with E-state index in [1.54, 1.807) is 12.4 Å². The Labute approximate surface area is 248 Å². The van der Waals surface area contributed by atoms with Gasteiger partial charge in [-0.3, -0.25) is 20.0 Å². The van der Waals surface area contributed by atoms with Crippen LogP contribution in [0.4, 0.5) is 4.39 Å². The Morgan fingerprint density at radius 2 is 1.72 bits per heavy atom. The number of hydrogen-bond donors (Lipinski definition) is 2. The van der Waals surface area contributed by atoms with Gasteiger partial charge in [-0.15, -0.1) is 0 Å². The molecule has 6 heterocycles. The standard InChI is InChI=1S/C32H30FN7O2S/c1-43(41,42)9-6-20-10-22(13-24(33)12-20)26-17-35-18-30-25(26)14-29(36-30)32-31-28(38-39-32)5-4-27(37-31)23-11-21(15-34-16-23)19-40-7-2-3-8-40/h4-5,10-18,36H,2-3,6-9,19H2,1H3,(H,38,39). The molecule has 0 aliphatic carbocycles. The number of H-pyrrole nitrogens is 2. The minimum atomic E-state index is -3.18. The minimum Gasteiger partial charge on any atom is -0.352 e. The van der Waals surface area contributed by atoms with Crippen molar-refractivity contribution in [1.29, 1.82) is 0 Å². The Morgan fingerprint density at radius 1 is 0.907 bits per heavy atom. The predicted octanol–water partition coefficient (Wildman–Crippen LogP) is 5.55. The number of aromatic nitrogens is 6. The van der Waals surface area contributed by atoms with E-state index in [1.165, 1.54) is 36.8 Å². The summed E-state index contributed by atoms with van der Waals surface area (Å²) in [5.41, 5.74) is 8.59. The van der Waals surface area contributed by atoms with Gasteiger partial charge >= 0.3 is 0 Å². The first-order chi connectivity index (χ1) is 20.8. The third-order valence-electron chi connectivity index (χ3n) is 7.93. The van der Waals surface area contributed by atoms with Crippen LogP contribution < -0.4 is 0 Å². The molecule has 7 rings (SSSR count). The molecule has 0 saturated carbocycles. The van der Waals surface area contributed by atoms with E-state index >= 15 is 0 Å². The van der Waals surface area contributed by atoms with Gasteiger partial charge in [0, 0.05) is 47.9 Å². The molecule has 0 bridgehead atoms. The van der Waals surface area contributed by atoms with Gasteiger partial charge in [0.05, 0.1) is 34.4 Å². The Bertz CT molecular complexity index is 2080. The maximum atomic E-state index is 14.6. The summed E-state index contributed by atoms with van der Waals surface area (Å²) in [6.07, 6.45) is 11.1. The number of halogens is 1. The number of likely N-dealkylation sites (tertiary alicyclic amines) is 1. The average molecular weight is 596 g/mol. The van der Waals surface area contributed by atoms with Gasteiger partial charge in [0.25, 0.3) is 0 Å². The Kier molecular flexibility index (Phi) is 6.98. The van der Waals surface area contributed by atoms with Gasteiger partial charge in [-0.05, 0) is 85.4 Å². The third-order valence-corrected chi connectivity index (χ3v) is 8.88. The van der Waals surface area contributed by atoms with Crippen LogP contribution in [-0.4, -0.2) is 68.5 Å². The fourth-order valence-corrected chi connectivity index (χ4v) is 6.43. The molecule has 1 fully saturated rings. The lowest BCUT2D eigenvalue weighted by Gasteiger charge is -2.14. The second kappa shape index (κ2) is 11.0. The molecule has 43 heavy (non-hydrogen) atoms. The smallest absolute Gasteiger partial charge is 0.147 e. The SMILES string of the molecule is CS(=O)(=O)CCc1cc(F)cc(-c2cncc3[nH]c(-c4n[nH]c5ccc(-c6cncc(CN7CCCC7)c6)nc45)cc23)c1. The highest BCUT2D eigenvalue weighted by atomic mass is 32.2. The number of pyridine rings is 3. The molecular weight excluding hydrogens is 565 g/mol. The van der Waals surface area contributed by atoms with Gasteiger partial charge in [0.1, 0.15) is 26.9 Å². The van der Waals surface area contributed by atoms with E-state index in [0.29, 0.717) is 16.8 Å². The molecule has 1 aromatic carbocycles. The molecule has 6 aromatic rings. The van der Waals surface area contributed by atoms with Crippen molar-refractivity contribution in [3.05, 3.63) is 84.2 Å². The zero-order valence-electron chi connectivity index (χ0n) is 23.6. The number of aromatic amines is 2. The number of aryl methyl sites for hydroxylation is 1. The first-order valence-electron chi connectivity index (χ1n) is 14.3. The van der Waals surface area contributed by atoms with Crippen LogP contribution in [-0.2, 0) is 22.8 Å². The van der Waals surface area contributed by atoms with E-state index < -0.39 is 15.7 Å². The lowest BCUT2D eigenvalue weighted by atomic mass is 10.0. The first kappa shape index (κ1) is 27.4. The van der Waals surface area contributed by atoms with E-state index in [1.807, 2.05) is 36.7 Å². The van der Waals surface area contributed by atoms with E-state index in [9.17, 15) is 12.8 Å². The highest BCUT2D eigenvalue weighted by Crippen LogP contribution is 2.34. The number of sulfone groups is 1. The summed E-state index contributed by atoms with van der Waals surface area (Å²) in [5, 5.41) is 8.51. The van der Waals surface area contributed by atoms with E-state index in [0.717, 1.165) is 64.1 Å². The van der Waals surface area contributed by atoms with Crippen molar-refractivity contribution in [3.63, 3.8) is 0 Å². The third kappa shape index (κ3) is 5.78. The molecule has 9 nitrogen and oxygen atoms in total. The molecule has 11 heteroatoms. The van der Waals surface area contributed by atoms with Crippen LogP contribution >= 0.6 is 0 Å². The molecule has 0 amide bonds. The van der Waals surface area contributed by atoms with Crippen molar-refractivity contribution < 1.29 is 12.8 Å². The van der Waals surface area contributed by atoms with Gasteiger partial charge in [-0.2, -0.15) is 5.10 Å². The summed E-state index contributed by atoms with van der Waals surface area (Å²) in [7, 11) is -3.18. The molecule has 1 aliphatic rings. The summed E-state index contributed by atoms with van der Waals surface area (Å²) in [4.78, 5) is 19.7. The van der Waals surface area contributed by atoms with Gasteiger partial charge < -0.3 is 4.98 Å². The minimum absolute atomic E-state index is 0.0489. The molecule has 1 saturated heterocycles. The van der Waals surface area contributed by atoms with Crippen LogP contribution in [0.25, 0.3) is 55.7 Å². The lowest BCUT2D eigenvalue weighted by Crippen LogP contribution is -2.18. The lowest BCUT2D eigenvalue weighted by molar-refractivity contribution is 0.331. The number of fused-ring (bicyclic) bond motifs is 2. The topological polar surface area (TPSA) is 121 Å². The monoisotopic (exact) mass is 595 g/mol. The van der Waals surface area contributed by atoms with Gasteiger partial charge in [-0.25, -0.2) is 17.8 Å². The fourth-order valence-electron chi connectivity index (χ4n) is 5.82. The Balaban J connectivity index is 1.24. The maximum absolute atomic E-state index is 14.6. The fraction of sp³-hybridized carbons (Fsp3) is 0.250. The van der Waals surface area contributed by atoms with Gasteiger partial charge in [0.15, 0.2) is 0 Å². The number of nitrogens with one attached hydrogen (secondary N) is 2. The molecule has 0 atom stereocenters. The zero-order valence-corrected chi connectivity index (χ0v) is 24.5. The Morgan fingerprint density at radius 3 is 2.56 bits per heavy atom. The summed E-state index contributed by atoms with van der Waals surface area (Å²) < 4.78 is 38.0. The highest BCUT2D eigenvalue weighted by molar-refractivity contribution is 7.90. The van der Waals surface area contributed by atoms with Crippen molar-refractivity contribution in [1.82, 2.24) is 35.0 Å². The molecule has 2 N–H and O–H groups in total. The van der Waals surface area contributed by atoms with Gasteiger partial charge in [-0.1, -0.05) is 6.07 Å². The average Bonchev–Trinajstić information content (AvgIpc) is 3.75. The Hall–Kier alpha value is -4.48. The van der Waals surface area contributed by atoms with Crippen molar-refractivity contribution in [2.24, 2.45) is 0 Å². The van der Waals surface area contributed by atoms with Gasteiger partial charge in [0.2, 0.25) is 0 Å². The molecule has 5 aromatic heterocycles. The molecule has 0 spiro atoms. The largest absolute Gasteiger partial charge is 0.352 e. The number of rotatable bonds is 8. The van der Waals surface area contributed by atoms with Crippen molar-refractivity contribution >= 4 is 31.8 Å². The quantitative estimate of drug-likeness (QED) is 0.237. The van der Waals surface area contributed by atoms with Crippen molar-refractivity contribution in [2.45, 2.75) is 25.8 Å². The molecule has 0 radical (unpaired) electrons. The second-order valence-corrected chi connectivity index (χ2v) is 13.5. The summed E-state index contributed by atoms with van der Waals surface area (Å²) >= 11 is 0. The van der Waals surface area contributed by atoms with Crippen molar-refractivity contribution in [2.75, 3.05) is 25.1 Å². The van der Waals surface area contributed by atoms with Crippen LogP contribution in [0.1, 0.15) is 24.0 Å². The van der Waals surface area contributed by atoms with Crippen LogP contribution in [0.15, 0.2) is 67.3 Å². The summed E-state index contributed by atoms with van der Waals surface area (Å²) in [6, 6.07) is 12.7. The predicted molar refractivity (Wildman–Crippen MR) is 166 cm³/mol. The second-order valence-electron chi connectivity index (χ2n) is 11.3.